The Bertz CT molecular complexity index is 1380. The largest absolute Gasteiger partial charge is 0.374 e. The Hall–Kier alpha value is -3.12. The van der Waals surface area contributed by atoms with Crippen LogP contribution in [0.25, 0.3) is 0 Å². The van der Waals surface area contributed by atoms with Crippen LogP contribution < -0.4 is 10.0 Å². The number of anilines is 3. The fourth-order valence-electron chi connectivity index (χ4n) is 5.25. The summed E-state index contributed by atoms with van der Waals surface area (Å²) in [7, 11) is -3.44. The van der Waals surface area contributed by atoms with E-state index in [-0.39, 0.29) is 11.9 Å². The average Bonchev–Trinajstić information content (AvgIpc) is 3.26. The van der Waals surface area contributed by atoms with Crippen molar-refractivity contribution in [1.82, 2.24) is 24.8 Å². The lowest BCUT2D eigenvalue weighted by molar-refractivity contribution is -0.0559. The van der Waals surface area contributed by atoms with E-state index in [4.69, 9.17) is 4.98 Å². The van der Waals surface area contributed by atoms with Crippen LogP contribution in [0, 0.1) is 6.92 Å². The number of sulfonamides is 1. The fraction of sp³-hybridized carbons (Fsp3) is 0.423. The summed E-state index contributed by atoms with van der Waals surface area (Å²) in [6, 6.07) is 12.0. The zero-order valence-corrected chi connectivity index (χ0v) is 22.1. The maximum absolute atomic E-state index is 11.6. The third-order valence-electron chi connectivity index (χ3n) is 7.06. The lowest BCUT2D eigenvalue weighted by atomic mass is 9.96. The Labute approximate surface area is 217 Å². The van der Waals surface area contributed by atoms with Crippen LogP contribution >= 0.6 is 0 Å². The Morgan fingerprint density at radius 2 is 2.00 bits per heavy atom. The van der Waals surface area contributed by atoms with Gasteiger partial charge in [-0.1, -0.05) is 12.1 Å². The number of fused-ring (bicyclic) bond motifs is 1. The molecule has 0 bridgehead atoms. The quantitative estimate of drug-likeness (QED) is 0.428. The summed E-state index contributed by atoms with van der Waals surface area (Å²) in [4.78, 5) is 17.9. The number of hydrogen-bond acceptors (Lipinski definition) is 9. The van der Waals surface area contributed by atoms with Crippen LogP contribution in [-0.2, 0) is 23.1 Å². The molecule has 1 aromatic carbocycles. The monoisotopic (exact) mass is 523 g/mol. The van der Waals surface area contributed by atoms with E-state index in [0.29, 0.717) is 17.6 Å². The second-order valence-corrected chi connectivity index (χ2v) is 11.8. The molecule has 3 atom stereocenters. The molecule has 196 valence electrons. The summed E-state index contributed by atoms with van der Waals surface area (Å²) in [5.74, 6) is 0.813. The lowest BCUT2D eigenvalue weighted by Crippen LogP contribution is -2.48. The van der Waals surface area contributed by atoms with Crippen molar-refractivity contribution in [2.75, 3.05) is 22.8 Å². The van der Waals surface area contributed by atoms with Crippen LogP contribution in [0.3, 0.4) is 0 Å². The Morgan fingerprint density at radius 1 is 1.16 bits per heavy atom. The summed E-state index contributed by atoms with van der Waals surface area (Å²) in [6.45, 7) is 6.51. The van der Waals surface area contributed by atoms with E-state index in [1.807, 2.05) is 18.3 Å². The number of piperidine rings is 1. The molecule has 2 aliphatic heterocycles. The molecule has 0 spiro atoms. The van der Waals surface area contributed by atoms with Crippen LogP contribution in [0.4, 0.5) is 17.5 Å². The maximum atomic E-state index is 11.6. The van der Waals surface area contributed by atoms with Gasteiger partial charge in [0.15, 0.2) is 0 Å². The molecule has 0 radical (unpaired) electrons. The van der Waals surface area contributed by atoms with Crippen molar-refractivity contribution in [1.29, 1.82) is 0 Å². The molecular formula is C26H33N7O3S. The molecule has 0 saturated carbocycles. The summed E-state index contributed by atoms with van der Waals surface area (Å²) in [6.07, 6.45) is 5.50. The van der Waals surface area contributed by atoms with Gasteiger partial charge in [-0.2, -0.15) is 0 Å². The number of rotatable bonds is 7. The van der Waals surface area contributed by atoms with Gasteiger partial charge in [0.25, 0.3) is 0 Å². The van der Waals surface area contributed by atoms with Gasteiger partial charge in [-0.05, 0) is 56.5 Å². The number of pyridine rings is 1. The Morgan fingerprint density at radius 3 is 2.76 bits per heavy atom. The maximum Gasteiger partial charge on any atom is 0.230 e. The van der Waals surface area contributed by atoms with Crippen molar-refractivity contribution in [3.63, 3.8) is 0 Å². The highest BCUT2D eigenvalue weighted by molar-refractivity contribution is 7.92. The molecular weight excluding hydrogens is 490 g/mol. The summed E-state index contributed by atoms with van der Waals surface area (Å²) in [5, 5.41) is 14.4. The number of aliphatic hydroxyl groups excluding tert-OH is 1. The first-order valence-electron chi connectivity index (χ1n) is 12.4. The van der Waals surface area contributed by atoms with E-state index in [2.05, 4.69) is 55.8 Å². The van der Waals surface area contributed by atoms with Crippen LogP contribution in [-0.4, -0.2) is 63.2 Å². The number of nitrogens with zero attached hydrogens (tertiary/aromatic N) is 5. The van der Waals surface area contributed by atoms with Crippen molar-refractivity contribution in [3.05, 3.63) is 71.2 Å². The molecule has 1 fully saturated rings. The van der Waals surface area contributed by atoms with Gasteiger partial charge in [0.05, 0.1) is 11.9 Å². The predicted octanol–water partition coefficient (Wildman–Crippen LogP) is 3.15. The predicted molar refractivity (Wildman–Crippen MR) is 143 cm³/mol. The summed E-state index contributed by atoms with van der Waals surface area (Å²) in [5.41, 5.74) is 4.99. The fourth-order valence-corrected chi connectivity index (χ4v) is 5.75. The van der Waals surface area contributed by atoms with Gasteiger partial charge in [0, 0.05) is 60.9 Å². The molecule has 0 amide bonds. The first kappa shape index (κ1) is 25.5. The molecule has 37 heavy (non-hydrogen) atoms. The number of likely N-dealkylation sites (tertiary alicyclic amines) is 1. The van der Waals surface area contributed by atoms with Gasteiger partial charge in [0.1, 0.15) is 12.0 Å². The molecule has 0 aliphatic carbocycles. The van der Waals surface area contributed by atoms with E-state index in [1.165, 1.54) is 11.8 Å². The molecule has 1 unspecified atom stereocenters. The smallest absolute Gasteiger partial charge is 0.230 e. The highest BCUT2D eigenvalue weighted by Gasteiger charge is 2.35. The molecule has 4 heterocycles. The minimum Gasteiger partial charge on any atom is -0.374 e. The van der Waals surface area contributed by atoms with Crippen LogP contribution in [0.5, 0.6) is 0 Å². The van der Waals surface area contributed by atoms with Crippen molar-refractivity contribution in [2.24, 2.45) is 0 Å². The van der Waals surface area contributed by atoms with Gasteiger partial charge >= 0.3 is 0 Å². The molecule has 3 N–H and O–H groups in total. The molecule has 3 aromatic rings. The third kappa shape index (κ3) is 6.07. The minimum atomic E-state index is -3.44. The topological polar surface area (TPSA) is 124 Å². The highest BCUT2D eigenvalue weighted by Crippen LogP contribution is 2.33. The number of hydrogen-bond donors (Lipinski definition) is 3. The number of benzene rings is 1. The summed E-state index contributed by atoms with van der Waals surface area (Å²) < 4.78 is 25.5. The SMILES string of the molecule is Cc1cccc(Nc2ncc3c(n2)CN([C@@H]2CCN(C(O)c4ccnc(NS(C)(=O)=O)c4)[C@H](C)C2)C3)c1. The Balaban J connectivity index is 1.21. The second-order valence-electron chi connectivity index (χ2n) is 10.1. The van der Waals surface area contributed by atoms with E-state index < -0.39 is 16.3 Å². The zero-order valence-electron chi connectivity index (χ0n) is 21.3. The van der Waals surface area contributed by atoms with Gasteiger partial charge in [-0.3, -0.25) is 14.5 Å². The van der Waals surface area contributed by atoms with Gasteiger partial charge in [-0.15, -0.1) is 0 Å². The molecule has 2 aliphatic rings. The van der Waals surface area contributed by atoms with Gasteiger partial charge in [0.2, 0.25) is 16.0 Å². The number of nitrogens with one attached hydrogen (secondary N) is 2. The zero-order chi connectivity index (χ0) is 26.2. The highest BCUT2D eigenvalue weighted by atomic mass is 32.2. The van der Waals surface area contributed by atoms with Gasteiger partial charge < -0.3 is 10.4 Å². The first-order valence-corrected chi connectivity index (χ1v) is 14.3. The standard InChI is InChI=1S/C26H33N7O3S/c1-17-5-4-6-21(11-17)29-26-28-14-20-15-32(16-23(20)30-26)22-8-10-33(18(2)12-22)25(34)19-7-9-27-24(13-19)31-37(3,35)36/h4-7,9,11,13-14,18,22,25,34H,8,10,12,15-16H2,1-3H3,(H,27,31)(H,28,29,30)/t18-,22-,25?/m1/s1. The number of aliphatic hydroxyl groups is 1. The average molecular weight is 524 g/mol. The van der Waals surface area contributed by atoms with E-state index in [0.717, 1.165) is 55.7 Å². The van der Waals surface area contributed by atoms with Crippen LogP contribution in [0.1, 0.15) is 48.4 Å². The normalized spacial score (nSPS) is 21.4. The molecule has 1 saturated heterocycles. The van der Waals surface area contributed by atoms with Crippen molar-refractivity contribution in [3.8, 4) is 0 Å². The van der Waals surface area contributed by atoms with E-state index >= 15 is 0 Å². The van der Waals surface area contributed by atoms with Crippen LogP contribution in [0.15, 0.2) is 48.8 Å². The number of aromatic nitrogens is 3. The Kier molecular flexibility index (Phi) is 7.13. The van der Waals surface area contributed by atoms with Crippen molar-refractivity contribution in [2.45, 2.75) is 58.1 Å². The van der Waals surface area contributed by atoms with E-state index in [9.17, 15) is 13.5 Å². The lowest BCUT2D eigenvalue weighted by Gasteiger charge is -2.43. The third-order valence-corrected chi connectivity index (χ3v) is 7.64. The second kappa shape index (κ2) is 10.3. The van der Waals surface area contributed by atoms with Crippen LogP contribution in [0.2, 0.25) is 0 Å². The number of aryl methyl sites for hydroxylation is 1. The summed E-state index contributed by atoms with van der Waals surface area (Å²) >= 11 is 0. The van der Waals surface area contributed by atoms with Crippen molar-refractivity contribution >= 4 is 27.5 Å². The molecule has 2 aromatic heterocycles. The van der Waals surface area contributed by atoms with Crippen molar-refractivity contribution < 1.29 is 13.5 Å². The molecule has 11 heteroatoms. The molecule has 10 nitrogen and oxygen atoms in total. The van der Waals surface area contributed by atoms with E-state index in [1.54, 1.807) is 12.1 Å². The molecule has 5 rings (SSSR count). The van der Waals surface area contributed by atoms with Gasteiger partial charge in [-0.25, -0.2) is 23.4 Å². The first-order chi connectivity index (χ1) is 17.6. The minimum absolute atomic E-state index is 0.140.